The number of phosphoric ester groups is 1. The van der Waals surface area contributed by atoms with Gasteiger partial charge in [0, 0.05) is 13.0 Å². The SMILES string of the molecule is CCCCC/C=C\C/C=C\CCCCCCCCCCCC(=O)OC(COCCCCCCCC/C=C\C/C=C\CCCCCC)COP(=O)(O)OC1C(O)C(O)C(O)C(O)C1O. The zero-order valence-electron chi connectivity index (χ0n) is 39.4. The van der Waals surface area contributed by atoms with Gasteiger partial charge in [-0.25, -0.2) is 4.57 Å². The number of unbranched alkanes of at least 4 members (excludes halogenated alkanes) is 22. The quantitative estimate of drug-likeness (QED) is 0.0147. The lowest BCUT2D eigenvalue weighted by atomic mass is 9.85. The van der Waals surface area contributed by atoms with E-state index >= 15 is 0 Å². The number of ether oxygens (including phenoxy) is 2. The molecule has 368 valence electrons. The molecule has 6 N–H and O–H groups in total. The summed E-state index contributed by atoms with van der Waals surface area (Å²) in [5.41, 5.74) is 0. The zero-order chi connectivity index (χ0) is 46.2. The summed E-state index contributed by atoms with van der Waals surface area (Å²) in [4.78, 5) is 23.2. The van der Waals surface area contributed by atoms with E-state index in [1.54, 1.807) is 0 Å². The van der Waals surface area contributed by atoms with E-state index in [1.165, 1.54) is 96.3 Å². The highest BCUT2D eigenvalue weighted by Gasteiger charge is 2.51. The molecule has 1 rings (SSSR count). The monoisotopic (exact) mass is 915 g/mol. The predicted octanol–water partition coefficient (Wildman–Crippen LogP) is 10.8. The van der Waals surface area contributed by atoms with Gasteiger partial charge in [0.1, 0.15) is 42.7 Å². The molecule has 0 bridgehead atoms. The summed E-state index contributed by atoms with van der Waals surface area (Å²) < 4.78 is 34.3. The average molecular weight is 915 g/mol. The van der Waals surface area contributed by atoms with E-state index in [0.717, 1.165) is 77.0 Å². The lowest BCUT2D eigenvalue weighted by Gasteiger charge is -2.41. The molecule has 13 heteroatoms. The second kappa shape index (κ2) is 40.6. The molecule has 0 amide bonds. The molecule has 0 aliphatic heterocycles. The Morgan fingerprint density at radius 3 is 1.37 bits per heavy atom. The Morgan fingerprint density at radius 2 is 0.889 bits per heavy atom. The molecule has 1 saturated carbocycles. The highest BCUT2D eigenvalue weighted by Crippen LogP contribution is 2.47. The number of hydrogen-bond acceptors (Lipinski definition) is 11. The molecule has 6 unspecified atom stereocenters. The summed E-state index contributed by atoms with van der Waals surface area (Å²) in [5, 5.41) is 50.3. The number of rotatable bonds is 42. The molecule has 0 radical (unpaired) electrons. The van der Waals surface area contributed by atoms with Crippen LogP contribution in [0.3, 0.4) is 0 Å². The molecule has 6 atom stereocenters. The van der Waals surface area contributed by atoms with Crippen LogP contribution in [0.4, 0.5) is 0 Å². The Morgan fingerprint density at radius 1 is 0.508 bits per heavy atom. The lowest BCUT2D eigenvalue weighted by molar-refractivity contribution is -0.220. The van der Waals surface area contributed by atoms with Crippen molar-refractivity contribution in [2.24, 2.45) is 0 Å². The molecule has 0 heterocycles. The Hall–Kier alpha value is -1.70. The second-order valence-corrected chi connectivity index (χ2v) is 18.7. The van der Waals surface area contributed by atoms with E-state index in [4.69, 9.17) is 18.5 Å². The van der Waals surface area contributed by atoms with E-state index in [-0.39, 0.29) is 13.0 Å². The maximum absolute atomic E-state index is 12.8. The van der Waals surface area contributed by atoms with Crippen molar-refractivity contribution in [3.8, 4) is 0 Å². The molecular formula is C50H91O12P. The summed E-state index contributed by atoms with van der Waals surface area (Å²) in [7, 11) is -5.03. The normalized spacial score (nSPS) is 22.2. The molecule has 1 aliphatic rings. The number of aliphatic hydroxyl groups is 5. The maximum Gasteiger partial charge on any atom is 0.472 e. The first-order valence-electron chi connectivity index (χ1n) is 25.0. The Kier molecular flexibility index (Phi) is 38.2. The van der Waals surface area contributed by atoms with Gasteiger partial charge in [-0.05, 0) is 77.0 Å². The number of carbonyl (C=O) groups excluding carboxylic acids is 1. The number of carbonyl (C=O) groups is 1. The van der Waals surface area contributed by atoms with Crippen LogP contribution in [0.2, 0.25) is 0 Å². The van der Waals surface area contributed by atoms with E-state index in [9.17, 15) is 39.8 Å². The zero-order valence-corrected chi connectivity index (χ0v) is 40.3. The minimum atomic E-state index is -5.03. The van der Waals surface area contributed by atoms with Gasteiger partial charge < -0.3 is 39.9 Å². The molecular weight excluding hydrogens is 824 g/mol. The van der Waals surface area contributed by atoms with E-state index < -0.39 is 63.1 Å². The number of hydrogen-bond donors (Lipinski definition) is 6. The van der Waals surface area contributed by atoms with Gasteiger partial charge in [-0.15, -0.1) is 0 Å². The average Bonchev–Trinajstić information content (AvgIpc) is 3.27. The smallest absolute Gasteiger partial charge is 0.457 e. The number of phosphoric acid groups is 1. The van der Waals surface area contributed by atoms with Crippen molar-refractivity contribution in [2.45, 2.75) is 243 Å². The highest BCUT2D eigenvalue weighted by atomic mass is 31.2. The predicted molar refractivity (Wildman–Crippen MR) is 253 cm³/mol. The Labute approximate surface area is 382 Å². The molecule has 0 aromatic carbocycles. The summed E-state index contributed by atoms with van der Waals surface area (Å²) in [6, 6.07) is 0. The molecule has 12 nitrogen and oxygen atoms in total. The van der Waals surface area contributed by atoms with Crippen LogP contribution in [-0.2, 0) is 27.9 Å². The van der Waals surface area contributed by atoms with Crippen molar-refractivity contribution in [3.63, 3.8) is 0 Å². The molecule has 1 fully saturated rings. The first-order valence-corrected chi connectivity index (χ1v) is 26.5. The van der Waals surface area contributed by atoms with Gasteiger partial charge >= 0.3 is 13.8 Å². The van der Waals surface area contributed by atoms with Gasteiger partial charge in [0.25, 0.3) is 0 Å². The number of aliphatic hydroxyl groups excluding tert-OH is 5. The van der Waals surface area contributed by atoms with Gasteiger partial charge in [0.15, 0.2) is 0 Å². The third-order valence-corrected chi connectivity index (χ3v) is 12.4. The standard InChI is InChI=1S/C50H91O12P/c1-3-5-7-9-11-13-15-17-19-21-22-23-25-27-29-31-33-35-37-39-44(51)61-43(42-60-63(57,58)62-50-48(55)46(53)45(52)47(54)49(50)56)41-59-40-38-36-34-32-30-28-26-24-20-18-16-14-12-10-8-6-4-2/h11,13-14,16-17,19-20,24,43,45-50,52-56H,3-10,12,15,18,21-23,25-42H2,1-2H3,(H,57,58)/b13-11-,16-14-,19-17-,24-20-. The van der Waals surface area contributed by atoms with Crippen LogP contribution in [0.25, 0.3) is 0 Å². The second-order valence-electron chi connectivity index (χ2n) is 17.3. The fourth-order valence-corrected chi connectivity index (χ4v) is 8.39. The van der Waals surface area contributed by atoms with E-state index in [0.29, 0.717) is 13.0 Å². The summed E-state index contributed by atoms with van der Waals surface area (Å²) in [6.07, 6.45) is 37.4. The van der Waals surface area contributed by atoms with Crippen molar-refractivity contribution in [1.29, 1.82) is 0 Å². The van der Waals surface area contributed by atoms with Gasteiger partial charge in [0.2, 0.25) is 0 Å². The van der Waals surface area contributed by atoms with Crippen molar-refractivity contribution >= 4 is 13.8 Å². The van der Waals surface area contributed by atoms with Gasteiger partial charge in [-0.1, -0.05) is 165 Å². The van der Waals surface area contributed by atoms with Crippen LogP contribution in [0, 0.1) is 0 Å². The van der Waals surface area contributed by atoms with Crippen LogP contribution < -0.4 is 0 Å². The first kappa shape index (κ1) is 59.3. The van der Waals surface area contributed by atoms with E-state index in [2.05, 4.69) is 62.5 Å². The van der Waals surface area contributed by atoms with Crippen LogP contribution in [-0.4, -0.2) is 98.9 Å². The Bertz CT molecular complexity index is 1230. The molecule has 0 saturated heterocycles. The highest BCUT2D eigenvalue weighted by molar-refractivity contribution is 7.47. The van der Waals surface area contributed by atoms with Gasteiger partial charge in [-0.2, -0.15) is 0 Å². The van der Waals surface area contributed by atoms with Crippen LogP contribution >= 0.6 is 7.82 Å². The first-order chi connectivity index (χ1) is 30.5. The topological polar surface area (TPSA) is 192 Å². The minimum Gasteiger partial charge on any atom is -0.457 e. The number of esters is 1. The van der Waals surface area contributed by atoms with Crippen molar-refractivity contribution in [3.05, 3.63) is 48.6 Å². The van der Waals surface area contributed by atoms with Crippen molar-refractivity contribution < 1.29 is 58.3 Å². The molecule has 0 aromatic rings. The summed E-state index contributed by atoms with van der Waals surface area (Å²) in [5.74, 6) is -0.486. The summed E-state index contributed by atoms with van der Waals surface area (Å²) >= 11 is 0. The minimum absolute atomic E-state index is 0.0861. The largest absolute Gasteiger partial charge is 0.472 e. The third kappa shape index (κ3) is 32.6. The molecule has 0 aromatic heterocycles. The van der Waals surface area contributed by atoms with Crippen LogP contribution in [0.15, 0.2) is 48.6 Å². The van der Waals surface area contributed by atoms with Gasteiger partial charge in [0.05, 0.1) is 13.2 Å². The van der Waals surface area contributed by atoms with Crippen molar-refractivity contribution in [1.82, 2.24) is 0 Å². The van der Waals surface area contributed by atoms with Gasteiger partial charge in [-0.3, -0.25) is 13.8 Å². The fourth-order valence-electron chi connectivity index (χ4n) is 7.42. The Balaban J connectivity index is 2.37. The lowest BCUT2D eigenvalue weighted by Crippen LogP contribution is -2.64. The third-order valence-electron chi connectivity index (χ3n) is 11.4. The number of allylic oxidation sites excluding steroid dienone is 8. The molecule has 63 heavy (non-hydrogen) atoms. The van der Waals surface area contributed by atoms with Crippen molar-refractivity contribution in [2.75, 3.05) is 19.8 Å². The summed E-state index contributed by atoms with van der Waals surface area (Å²) in [6.45, 7) is 4.20. The van der Waals surface area contributed by atoms with Crippen LogP contribution in [0.5, 0.6) is 0 Å². The molecule has 1 aliphatic carbocycles. The maximum atomic E-state index is 12.8. The van der Waals surface area contributed by atoms with E-state index in [1.807, 2.05) is 0 Å². The fraction of sp³-hybridized carbons (Fsp3) is 0.820. The molecule has 0 spiro atoms. The van der Waals surface area contributed by atoms with Crippen LogP contribution in [0.1, 0.15) is 200 Å².